The van der Waals surface area contributed by atoms with E-state index in [-0.39, 0.29) is 11.4 Å². The summed E-state index contributed by atoms with van der Waals surface area (Å²) in [5.41, 5.74) is 2.08. The molecule has 2 aromatic rings. The molecular formula is C17H14F3N2O+. The number of carbonyl (C=O) groups is 1. The van der Waals surface area contributed by atoms with Crippen molar-refractivity contribution in [2.24, 2.45) is 0 Å². The molecule has 0 saturated carbocycles. The van der Waals surface area contributed by atoms with Gasteiger partial charge in [-0.1, -0.05) is 6.07 Å². The van der Waals surface area contributed by atoms with Crippen LogP contribution in [0.2, 0.25) is 0 Å². The Morgan fingerprint density at radius 1 is 1.00 bits per heavy atom. The van der Waals surface area contributed by atoms with E-state index in [0.29, 0.717) is 11.3 Å². The molecule has 118 valence electrons. The van der Waals surface area contributed by atoms with Crippen molar-refractivity contribution in [1.29, 1.82) is 0 Å². The van der Waals surface area contributed by atoms with Crippen LogP contribution in [0.4, 0.5) is 24.5 Å². The van der Waals surface area contributed by atoms with Crippen molar-refractivity contribution in [2.75, 3.05) is 4.90 Å². The number of hydrogen-bond donors (Lipinski definition) is 1. The fraction of sp³-hybridized carbons (Fsp3) is 0.176. The molecule has 0 atom stereocenters. The minimum atomic E-state index is -4.48. The highest BCUT2D eigenvalue weighted by atomic mass is 19.4. The predicted octanol–water partition coefficient (Wildman–Crippen LogP) is 2.55. The van der Waals surface area contributed by atoms with Crippen molar-refractivity contribution in [3.05, 3.63) is 58.7 Å². The highest BCUT2D eigenvalue weighted by molar-refractivity contribution is 6.53. The van der Waals surface area contributed by atoms with E-state index in [1.165, 1.54) is 11.0 Å². The smallest absolute Gasteiger partial charge is 0.271 e. The summed E-state index contributed by atoms with van der Waals surface area (Å²) in [6, 6.07) is 8.41. The van der Waals surface area contributed by atoms with Crippen LogP contribution >= 0.6 is 0 Å². The second-order valence-electron chi connectivity index (χ2n) is 5.55. The molecule has 2 N–H and O–H groups in total. The van der Waals surface area contributed by atoms with Gasteiger partial charge in [0.25, 0.3) is 5.71 Å². The molecule has 1 aliphatic rings. The minimum Gasteiger partial charge on any atom is -0.271 e. The Balaban J connectivity index is 2.19. The molecular weight excluding hydrogens is 305 g/mol. The van der Waals surface area contributed by atoms with Gasteiger partial charge in [0.05, 0.1) is 16.8 Å². The van der Waals surface area contributed by atoms with E-state index in [4.69, 9.17) is 5.41 Å². The van der Waals surface area contributed by atoms with Gasteiger partial charge in [0.15, 0.2) is 0 Å². The Morgan fingerprint density at radius 2 is 1.70 bits per heavy atom. The van der Waals surface area contributed by atoms with Crippen LogP contribution in [0, 0.1) is 13.8 Å². The zero-order valence-electron chi connectivity index (χ0n) is 12.5. The van der Waals surface area contributed by atoms with Gasteiger partial charge in [-0.15, -0.1) is 0 Å². The summed E-state index contributed by atoms with van der Waals surface area (Å²) in [6.45, 7) is 3.79. The van der Waals surface area contributed by atoms with Gasteiger partial charge in [0.2, 0.25) is 0 Å². The van der Waals surface area contributed by atoms with Crippen LogP contribution in [0.3, 0.4) is 0 Å². The SMILES string of the molecule is Cc1ccc(N2C(=O)C(=[NH2+])c3ccc(C(F)(F)F)cc32)cc1C. The zero-order chi connectivity index (χ0) is 16.9. The molecule has 0 spiro atoms. The summed E-state index contributed by atoms with van der Waals surface area (Å²) in [6.07, 6.45) is -4.48. The third kappa shape index (κ3) is 2.40. The van der Waals surface area contributed by atoms with Crippen LogP contribution in [0.15, 0.2) is 36.4 Å². The Hall–Kier alpha value is -2.63. The number of hydrogen-bond acceptors (Lipinski definition) is 1. The first kappa shape index (κ1) is 15.3. The average Bonchev–Trinajstić information content (AvgIpc) is 2.73. The number of anilines is 2. The molecule has 0 aliphatic carbocycles. The van der Waals surface area contributed by atoms with E-state index in [2.05, 4.69) is 0 Å². The van der Waals surface area contributed by atoms with Gasteiger partial charge in [-0.2, -0.15) is 13.2 Å². The molecule has 2 aromatic carbocycles. The van der Waals surface area contributed by atoms with Crippen molar-refractivity contribution in [1.82, 2.24) is 0 Å². The number of fused-ring (bicyclic) bond motifs is 1. The third-order valence-corrected chi connectivity index (χ3v) is 4.04. The van der Waals surface area contributed by atoms with Crippen molar-refractivity contribution in [2.45, 2.75) is 20.0 Å². The first-order chi connectivity index (χ1) is 10.7. The summed E-state index contributed by atoms with van der Waals surface area (Å²) >= 11 is 0. The summed E-state index contributed by atoms with van der Waals surface area (Å²) in [4.78, 5) is 13.6. The average molecular weight is 319 g/mol. The summed E-state index contributed by atoms with van der Waals surface area (Å²) in [7, 11) is 0. The Bertz CT molecular complexity index is 840. The van der Waals surface area contributed by atoms with Crippen molar-refractivity contribution in [3.8, 4) is 0 Å². The van der Waals surface area contributed by atoms with E-state index in [1.807, 2.05) is 19.9 Å². The van der Waals surface area contributed by atoms with Crippen molar-refractivity contribution < 1.29 is 23.4 Å². The molecule has 0 bridgehead atoms. The van der Waals surface area contributed by atoms with Gasteiger partial charge < -0.3 is 0 Å². The highest BCUT2D eigenvalue weighted by Crippen LogP contribution is 2.39. The van der Waals surface area contributed by atoms with Crippen LogP contribution in [0.5, 0.6) is 0 Å². The largest absolute Gasteiger partial charge is 0.416 e. The minimum absolute atomic E-state index is 0.0491. The number of benzene rings is 2. The van der Waals surface area contributed by atoms with Gasteiger partial charge in [0, 0.05) is 5.69 Å². The van der Waals surface area contributed by atoms with Gasteiger partial charge in [0.1, 0.15) is 0 Å². The maximum absolute atomic E-state index is 13.0. The lowest BCUT2D eigenvalue weighted by molar-refractivity contribution is -0.137. The maximum atomic E-state index is 13.0. The van der Waals surface area contributed by atoms with Crippen LogP contribution in [0.25, 0.3) is 0 Å². The third-order valence-electron chi connectivity index (χ3n) is 4.04. The van der Waals surface area contributed by atoms with Crippen LogP contribution in [0.1, 0.15) is 22.3 Å². The Labute approximate surface area is 130 Å². The summed E-state index contributed by atoms with van der Waals surface area (Å²) in [5.74, 6) is -0.512. The molecule has 1 amide bonds. The zero-order valence-corrected chi connectivity index (χ0v) is 12.5. The van der Waals surface area contributed by atoms with Gasteiger partial charge in [-0.3, -0.25) is 9.69 Å². The number of nitrogens with zero attached hydrogens (tertiary/aromatic N) is 1. The molecule has 23 heavy (non-hydrogen) atoms. The lowest BCUT2D eigenvalue weighted by Crippen LogP contribution is -2.46. The first-order valence-electron chi connectivity index (χ1n) is 6.96. The molecule has 3 nitrogen and oxygen atoms in total. The highest BCUT2D eigenvalue weighted by Gasteiger charge is 2.40. The number of alkyl halides is 3. The number of nitrogens with two attached hydrogens (primary N) is 1. The van der Waals surface area contributed by atoms with Crippen molar-refractivity contribution in [3.63, 3.8) is 0 Å². The standard InChI is InChI=1S/C17H13F3N2O/c1-9-3-5-12(7-10(9)2)22-14-8-11(17(18,19)20)4-6-13(14)15(21)16(22)23/h3-8,21H,1-2H3/p+1. The maximum Gasteiger partial charge on any atom is 0.416 e. The molecule has 1 heterocycles. The van der Waals surface area contributed by atoms with Crippen molar-refractivity contribution >= 4 is 23.0 Å². The number of aryl methyl sites for hydroxylation is 2. The molecule has 0 aromatic heterocycles. The topological polar surface area (TPSA) is 45.9 Å². The summed E-state index contributed by atoms with van der Waals surface area (Å²) in [5, 5.41) is 5.79. The molecule has 0 unspecified atom stereocenters. The van der Waals surface area contributed by atoms with E-state index < -0.39 is 17.6 Å². The molecule has 1 aliphatic heterocycles. The lowest BCUT2D eigenvalue weighted by Gasteiger charge is -2.18. The van der Waals surface area contributed by atoms with Gasteiger partial charge >= 0.3 is 12.1 Å². The molecule has 0 saturated heterocycles. The number of carbonyl (C=O) groups excluding carboxylic acids is 1. The van der Waals surface area contributed by atoms with Gasteiger partial charge in [-0.05, 0) is 55.3 Å². The van der Waals surface area contributed by atoms with Crippen LogP contribution in [-0.4, -0.2) is 11.6 Å². The van der Waals surface area contributed by atoms with E-state index >= 15 is 0 Å². The van der Waals surface area contributed by atoms with E-state index in [1.54, 1.807) is 12.1 Å². The Kier molecular flexibility index (Phi) is 3.28. The second-order valence-corrected chi connectivity index (χ2v) is 5.55. The monoisotopic (exact) mass is 319 g/mol. The quantitative estimate of drug-likeness (QED) is 0.863. The fourth-order valence-electron chi connectivity index (χ4n) is 2.59. The Morgan fingerprint density at radius 3 is 2.30 bits per heavy atom. The van der Waals surface area contributed by atoms with Crippen LogP contribution < -0.4 is 10.3 Å². The second kappa shape index (κ2) is 4.94. The van der Waals surface area contributed by atoms with E-state index in [0.717, 1.165) is 23.3 Å². The number of halogens is 3. The molecule has 3 rings (SSSR count). The number of amides is 1. The van der Waals surface area contributed by atoms with E-state index in [9.17, 15) is 18.0 Å². The molecule has 6 heteroatoms. The summed E-state index contributed by atoms with van der Waals surface area (Å²) < 4.78 is 38.9. The first-order valence-corrected chi connectivity index (χ1v) is 6.96. The predicted molar refractivity (Wildman–Crippen MR) is 80.5 cm³/mol. The van der Waals surface area contributed by atoms with Crippen LogP contribution in [-0.2, 0) is 11.0 Å². The number of rotatable bonds is 1. The fourth-order valence-corrected chi connectivity index (χ4v) is 2.59. The normalized spacial score (nSPS) is 14.4. The lowest BCUT2D eigenvalue weighted by atomic mass is 10.1. The molecule has 0 fully saturated rings. The molecule has 0 radical (unpaired) electrons. The van der Waals surface area contributed by atoms with Gasteiger partial charge in [-0.25, -0.2) is 5.41 Å².